The molecule has 6 nitrogen and oxygen atoms in total. The van der Waals surface area contributed by atoms with Gasteiger partial charge in [0, 0.05) is 13.0 Å². The van der Waals surface area contributed by atoms with Crippen molar-refractivity contribution in [3.8, 4) is 0 Å². The largest absolute Gasteiger partial charge is 0.481 e. The first-order chi connectivity index (χ1) is 11.3. The number of rotatable bonds is 9. The zero-order valence-corrected chi connectivity index (χ0v) is 14.5. The van der Waals surface area contributed by atoms with Gasteiger partial charge in [0.2, 0.25) is 11.8 Å². The van der Waals surface area contributed by atoms with Crippen LogP contribution in [0.5, 0.6) is 0 Å². The van der Waals surface area contributed by atoms with Crippen LogP contribution in [-0.2, 0) is 19.8 Å². The maximum atomic E-state index is 11.9. The number of nitrogens with one attached hydrogen (secondary N) is 2. The monoisotopic (exact) mass is 334 g/mol. The molecule has 0 radical (unpaired) electrons. The van der Waals surface area contributed by atoms with E-state index in [0.717, 1.165) is 6.42 Å². The molecule has 0 bridgehead atoms. The third-order valence-electron chi connectivity index (χ3n) is 3.92. The van der Waals surface area contributed by atoms with Crippen LogP contribution in [-0.4, -0.2) is 36.0 Å². The predicted molar refractivity (Wildman–Crippen MR) is 91.5 cm³/mol. The highest BCUT2D eigenvalue weighted by molar-refractivity contribution is 5.86. The van der Waals surface area contributed by atoms with Crippen molar-refractivity contribution < 1.29 is 19.5 Å². The summed E-state index contributed by atoms with van der Waals surface area (Å²) in [6.07, 6.45) is 1.14. The topological polar surface area (TPSA) is 95.5 Å². The molecule has 0 aliphatic heterocycles. The van der Waals surface area contributed by atoms with E-state index < -0.39 is 17.3 Å². The third kappa shape index (κ3) is 6.02. The zero-order valence-electron chi connectivity index (χ0n) is 14.5. The molecule has 3 N–H and O–H groups in total. The number of hydrogen-bond acceptors (Lipinski definition) is 3. The Morgan fingerprint density at radius 2 is 1.71 bits per heavy atom. The Hall–Kier alpha value is -2.37. The fraction of sp³-hybridized carbons (Fsp3) is 0.500. The molecular formula is C18H26N2O4. The molecule has 0 aromatic heterocycles. The average molecular weight is 334 g/mol. The van der Waals surface area contributed by atoms with Gasteiger partial charge in [0.25, 0.3) is 0 Å². The summed E-state index contributed by atoms with van der Waals surface area (Å²) in [7, 11) is 0. The first kappa shape index (κ1) is 19.7. The summed E-state index contributed by atoms with van der Waals surface area (Å²) in [5.74, 6) is -1.18. The Balaban J connectivity index is 2.52. The molecule has 2 amide bonds. The van der Waals surface area contributed by atoms with Gasteiger partial charge in [0.05, 0.1) is 6.54 Å². The van der Waals surface area contributed by atoms with Crippen LogP contribution in [0, 0.1) is 5.92 Å². The summed E-state index contributed by atoms with van der Waals surface area (Å²) in [4.78, 5) is 35.1. The number of carbonyl (C=O) groups excluding carboxylic acids is 2. The van der Waals surface area contributed by atoms with Crippen LogP contribution >= 0.6 is 0 Å². The molecule has 1 rings (SSSR count). The Labute approximate surface area is 142 Å². The van der Waals surface area contributed by atoms with Crippen LogP contribution in [0.3, 0.4) is 0 Å². The molecule has 6 heteroatoms. The Morgan fingerprint density at radius 1 is 1.08 bits per heavy atom. The SMILES string of the molecule is CC(C)CCC(=O)NCC(=O)NCC(C)(C(=O)O)c1ccccc1. The summed E-state index contributed by atoms with van der Waals surface area (Å²) in [6, 6.07) is 8.75. The van der Waals surface area contributed by atoms with Crippen molar-refractivity contribution in [3.63, 3.8) is 0 Å². The third-order valence-corrected chi connectivity index (χ3v) is 3.92. The second-order valence-corrected chi connectivity index (χ2v) is 6.49. The van der Waals surface area contributed by atoms with E-state index >= 15 is 0 Å². The van der Waals surface area contributed by atoms with E-state index in [4.69, 9.17) is 0 Å². The summed E-state index contributed by atoms with van der Waals surface area (Å²) < 4.78 is 0. The van der Waals surface area contributed by atoms with Crippen LogP contribution < -0.4 is 10.6 Å². The summed E-state index contributed by atoms with van der Waals surface area (Å²) in [6.45, 7) is 5.41. The zero-order chi connectivity index (χ0) is 18.2. The van der Waals surface area contributed by atoms with Crippen molar-refractivity contribution >= 4 is 17.8 Å². The Morgan fingerprint density at radius 3 is 2.25 bits per heavy atom. The second-order valence-electron chi connectivity index (χ2n) is 6.49. The number of aliphatic carboxylic acids is 1. The molecule has 0 saturated heterocycles. The van der Waals surface area contributed by atoms with Crippen molar-refractivity contribution in [1.82, 2.24) is 10.6 Å². The maximum Gasteiger partial charge on any atom is 0.315 e. The number of carbonyl (C=O) groups is 3. The van der Waals surface area contributed by atoms with E-state index in [1.54, 1.807) is 37.3 Å². The van der Waals surface area contributed by atoms with Gasteiger partial charge in [-0.1, -0.05) is 44.2 Å². The van der Waals surface area contributed by atoms with Gasteiger partial charge in [-0.3, -0.25) is 14.4 Å². The van der Waals surface area contributed by atoms with E-state index in [9.17, 15) is 19.5 Å². The Kier molecular flexibility index (Phi) is 7.42. The highest BCUT2D eigenvalue weighted by atomic mass is 16.4. The summed E-state index contributed by atoms with van der Waals surface area (Å²) in [5.41, 5.74) is -0.614. The highest BCUT2D eigenvalue weighted by Crippen LogP contribution is 2.23. The van der Waals surface area contributed by atoms with Gasteiger partial charge in [-0.2, -0.15) is 0 Å². The van der Waals surface area contributed by atoms with E-state index in [0.29, 0.717) is 17.9 Å². The van der Waals surface area contributed by atoms with Gasteiger partial charge in [0.15, 0.2) is 0 Å². The number of benzene rings is 1. The fourth-order valence-corrected chi connectivity index (χ4v) is 2.13. The smallest absolute Gasteiger partial charge is 0.315 e. The lowest BCUT2D eigenvalue weighted by atomic mass is 9.82. The molecule has 0 heterocycles. The van der Waals surface area contributed by atoms with Crippen LogP contribution in [0.25, 0.3) is 0 Å². The fourth-order valence-electron chi connectivity index (χ4n) is 2.13. The van der Waals surface area contributed by atoms with Crippen molar-refractivity contribution in [2.24, 2.45) is 5.92 Å². The molecule has 132 valence electrons. The minimum Gasteiger partial charge on any atom is -0.481 e. The lowest BCUT2D eigenvalue weighted by Gasteiger charge is -2.25. The van der Waals surface area contributed by atoms with Gasteiger partial charge in [-0.05, 0) is 24.8 Å². The summed E-state index contributed by atoms with van der Waals surface area (Å²) >= 11 is 0. The number of hydrogen-bond donors (Lipinski definition) is 3. The molecule has 1 unspecified atom stereocenters. The molecule has 0 fully saturated rings. The molecule has 1 atom stereocenters. The van der Waals surface area contributed by atoms with Crippen molar-refractivity contribution in [3.05, 3.63) is 35.9 Å². The van der Waals surface area contributed by atoms with Crippen LogP contribution in [0.1, 0.15) is 39.2 Å². The van der Waals surface area contributed by atoms with E-state index in [1.807, 2.05) is 13.8 Å². The Bertz CT molecular complexity index is 572. The van der Waals surface area contributed by atoms with Gasteiger partial charge < -0.3 is 15.7 Å². The standard InChI is InChI=1S/C18H26N2O4/c1-13(2)9-10-15(21)19-11-16(22)20-12-18(3,17(23)24)14-7-5-4-6-8-14/h4-8,13H,9-12H2,1-3H3,(H,19,21)(H,20,22)(H,23,24). The van der Waals surface area contributed by atoms with Crippen LogP contribution in [0.15, 0.2) is 30.3 Å². The van der Waals surface area contributed by atoms with Crippen molar-refractivity contribution in [2.75, 3.05) is 13.1 Å². The molecule has 0 aliphatic rings. The predicted octanol–water partition coefficient (Wildman–Crippen LogP) is 1.70. The van der Waals surface area contributed by atoms with E-state index in [2.05, 4.69) is 10.6 Å². The summed E-state index contributed by atoms with van der Waals surface area (Å²) in [5, 5.41) is 14.7. The minimum absolute atomic E-state index is 0.0486. The van der Waals surface area contributed by atoms with E-state index in [1.165, 1.54) is 0 Å². The average Bonchev–Trinajstić information content (AvgIpc) is 2.56. The quantitative estimate of drug-likeness (QED) is 0.640. The van der Waals surface area contributed by atoms with Gasteiger partial charge >= 0.3 is 5.97 Å². The van der Waals surface area contributed by atoms with Gasteiger partial charge in [0.1, 0.15) is 5.41 Å². The lowest BCUT2D eigenvalue weighted by Crippen LogP contribution is -2.47. The molecule has 1 aromatic rings. The molecule has 0 aliphatic carbocycles. The molecule has 0 saturated carbocycles. The first-order valence-corrected chi connectivity index (χ1v) is 8.08. The normalized spacial score (nSPS) is 13.2. The van der Waals surface area contributed by atoms with Crippen molar-refractivity contribution in [2.45, 2.75) is 39.0 Å². The molecule has 24 heavy (non-hydrogen) atoms. The van der Waals surface area contributed by atoms with Crippen molar-refractivity contribution in [1.29, 1.82) is 0 Å². The maximum absolute atomic E-state index is 11.9. The lowest BCUT2D eigenvalue weighted by molar-refractivity contribution is -0.143. The van der Waals surface area contributed by atoms with Crippen LogP contribution in [0.4, 0.5) is 0 Å². The highest BCUT2D eigenvalue weighted by Gasteiger charge is 2.35. The number of amides is 2. The first-order valence-electron chi connectivity index (χ1n) is 8.08. The molecular weight excluding hydrogens is 308 g/mol. The molecule has 0 spiro atoms. The van der Waals surface area contributed by atoms with Crippen LogP contribution in [0.2, 0.25) is 0 Å². The van der Waals surface area contributed by atoms with Gasteiger partial charge in [-0.15, -0.1) is 0 Å². The second kappa shape index (κ2) is 9.05. The number of carboxylic acid groups (broad SMARTS) is 1. The van der Waals surface area contributed by atoms with E-state index in [-0.39, 0.29) is 19.0 Å². The number of carboxylic acids is 1. The van der Waals surface area contributed by atoms with Gasteiger partial charge in [-0.25, -0.2) is 0 Å². The minimum atomic E-state index is -1.22. The molecule has 1 aromatic carbocycles.